The molecule has 0 saturated carbocycles. The first-order chi connectivity index (χ1) is 9.53. The van der Waals surface area contributed by atoms with Crippen LogP contribution in [0.3, 0.4) is 0 Å². The normalized spacial score (nSPS) is 11.5. The van der Waals surface area contributed by atoms with Gasteiger partial charge in [-0.15, -0.1) is 0 Å². The van der Waals surface area contributed by atoms with Crippen molar-refractivity contribution in [2.24, 2.45) is 0 Å². The SMILES string of the molecule is O=S(=O)(NCc1cccnn1)c1ccc(CO)cc1Br. The molecule has 0 atom stereocenters. The van der Waals surface area contributed by atoms with E-state index in [9.17, 15) is 8.42 Å². The highest BCUT2D eigenvalue weighted by Gasteiger charge is 2.17. The zero-order valence-corrected chi connectivity index (χ0v) is 12.7. The van der Waals surface area contributed by atoms with Crippen LogP contribution in [-0.2, 0) is 23.2 Å². The summed E-state index contributed by atoms with van der Waals surface area (Å²) in [5, 5.41) is 16.5. The smallest absolute Gasteiger partial charge is 0.242 e. The molecule has 0 saturated heterocycles. The highest BCUT2D eigenvalue weighted by molar-refractivity contribution is 9.10. The van der Waals surface area contributed by atoms with E-state index >= 15 is 0 Å². The summed E-state index contributed by atoms with van der Waals surface area (Å²) in [6.45, 7) is -0.0870. The first-order valence-corrected chi connectivity index (χ1v) is 7.96. The molecule has 8 heteroatoms. The number of hydrogen-bond acceptors (Lipinski definition) is 5. The monoisotopic (exact) mass is 357 g/mol. The molecule has 1 heterocycles. The second-order valence-electron chi connectivity index (χ2n) is 3.96. The zero-order chi connectivity index (χ0) is 14.6. The lowest BCUT2D eigenvalue weighted by atomic mass is 10.2. The summed E-state index contributed by atoms with van der Waals surface area (Å²) in [5.41, 5.74) is 1.16. The molecule has 0 fully saturated rings. The standard InChI is InChI=1S/C12H12BrN3O3S/c13-11-6-9(8-17)3-4-12(11)20(18,19)15-7-10-2-1-5-14-16-10/h1-6,15,17H,7-8H2. The van der Waals surface area contributed by atoms with Gasteiger partial charge in [0.05, 0.1) is 23.7 Å². The third kappa shape index (κ3) is 3.60. The van der Waals surface area contributed by atoms with E-state index in [1.807, 2.05) is 0 Å². The molecular formula is C12H12BrN3O3S. The van der Waals surface area contributed by atoms with E-state index in [1.54, 1.807) is 24.3 Å². The van der Waals surface area contributed by atoms with Crippen molar-refractivity contribution in [3.8, 4) is 0 Å². The molecule has 0 spiro atoms. The molecule has 1 aromatic carbocycles. The zero-order valence-electron chi connectivity index (χ0n) is 10.3. The molecule has 0 aliphatic carbocycles. The van der Waals surface area contributed by atoms with E-state index in [-0.39, 0.29) is 18.0 Å². The van der Waals surface area contributed by atoms with E-state index in [4.69, 9.17) is 5.11 Å². The minimum atomic E-state index is -3.66. The molecule has 2 rings (SSSR count). The lowest BCUT2D eigenvalue weighted by Crippen LogP contribution is -2.24. The summed E-state index contributed by atoms with van der Waals surface area (Å²) in [4.78, 5) is 0.110. The van der Waals surface area contributed by atoms with Crippen LogP contribution in [0, 0.1) is 0 Å². The van der Waals surface area contributed by atoms with Crippen molar-refractivity contribution in [3.63, 3.8) is 0 Å². The van der Waals surface area contributed by atoms with Gasteiger partial charge in [0, 0.05) is 10.7 Å². The van der Waals surface area contributed by atoms with Crippen LogP contribution < -0.4 is 4.72 Å². The molecule has 0 aliphatic heterocycles. The van der Waals surface area contributed by atoms with Crippen LogP contribution in [-0.4, -0.2) is 23.7 Å². The number of aromatic nitrogens is 2. The minimum Gasteiger partial charge on any atom is -0.392 e. The Kier molecular flexibility index (Phi) is 4.81. The molecule has 6 nitrogen and oxygen atoms in total. The van der Waals surface area contributed by atoms with E-state index in [1.165, 1.54) is 12.3 Å². The molecule has 20 heavy (non-hydrogen) atoms. The summed E-state index contributed by atoms with van der Waals surface area (Å²) >= 11 is 3.19. The fourth-order valence-corrected chi connectivity index (χ4v) is 3.66. The maximum Gasteiger partial charge on any atom is 0.242 e. The Balaban J connectivity index is 2.18. The quantitative estimate of drug-likeness (QED) is 0.838. The van der Waals surface area contributed by atoms with Gasteiger partial charge in [-0.3, -0.25) is 0 Å². The average molecular weight is 358 g/mol. The maximum absolute atomic E-state index is 12.2. The van der Waals surface area contributed by atoms with Crippen LogP contribution in [0.25, 0.3) is 0 Å². The number of nitrogens with zero attached hydrogens (tertiary/aromatic N) is 2. The molecule has 0 aliphatic rings. The second kappa shape index (κ2) is 6.40. The third-order valence-corrected chi connectivity index (χ3v) is 4.92. The summed E-state index contributed by atoms with van der Waals surface area (Å²) in [6.07, 6.45) is 1.52. The van der Waals surface area contributed by atoms with Gasteiger partial charge in [0.2, 0.25) is 10.0 Å². The Morgan fingerprint density at radius 3 is 2.70 bits per heavy atom. The fraction of sp³-hybridized carbons (Fsp3) is 0.167. The van der Waals surface area contributed by atoms with Gasteiger partial charge in [-0.05, 0) is 45.8 Å². The van der Waals surface area contributed by atoms with Crippen molar-refractivity contribution in [1.29, 1.82) is 0 Å². The maximum atomic E-state index is 12.2. The van der Waals surface area contributed by atoms with Gasteiger partial charge < -0.3 is 5.11 Å². The second-order valence-corrected chi connectivity index (χ2v) is 6.55. The van der Waals surface area contributed by atoms with Crippen molar-refractivity contribution in [2.75, 3.05) is 0 Å². The minimum absolute atomic E-state index is 0.0599. The Bertz CT molecular complexity index is 692. The van der Waals surface area contributed by atoms with Crippen LogP contribution in [0.1, 0.15) is 11.3 Å². The molecule has 2 N–H and O–H groups in total. The van der Waals surface area contributed by atoms with E-state index in [2.05, 4.69) is 30.8 Å². The lowest BCUT2D eigenvalue weighted by molar-refractivity contribution is 0.281. The number of aliphatic hydroxyl groups is 1. The van der Waals surface area contributed by atoms with Gasteiger partial charge in [0.15, 0.2) is 0 Å². The van der Waals surface area contributed by atoms with Gasteiger partial charge in [-0.2, -0.15) is 10.2 Å². The van der Waals surface area contributed by atoms with Crippen LogP contribution in [0.15, 0.2) is 45.9 Å². The van der Waals surface area contributed by atoms with E-state index in [0.717, 1.165) is 0 Å². The summed E-state index contributed by atoms with van der Waals surface area (Å²) in [6, 6.07) is 7.93. The van der Waals surface area contributed by atoms with Crippen molar-refractivity contribution in [2.45, 2.75) is 18.0 Å². The van der Waals surface area contributed by atoms with Crippen LogP contribution in [0.4, 0.5) is 0 Å². The topological polar surface area (TPSA) is 92.2 Å². The summed E-state index contributed by atoms with van der Waals surface area (Å²) < 4.78 is 27.2. The third-order valence-electron chi connectivity index (χ3n) is 2.54. The van der Waals surface area contributed by atoms with Gasteiger partial charge in [-0.1, -0.05) is 6.07 Å². The van der Waals surface area contributed by atoms with Crippen molar-refractivity contribution >= 4 is 26.0 Å². The predicted molar refractivity (Wildman–Crippen MR) is 76.1 cm³/mol. The molecule has 0 amide bonds. The molecule has 1 aromatic heterocycles. The Morgan fingerprint density at radius 2 is 2.10 bits per heavy atom. The average Bonchev–Trinajstić information content (AvgIpc) is 2.46. The lowest BCUT2D eigenvalue weighted by Gasteiger charge is -2.09. The van der Waals surface area contributed by atoms with Crippen LogP contribution >= 0.6 is 15.9 Å². The highest BCUT2D eigenvalue weighted by Crippen LogP contribution is 2.23. The summed E-state index contributed by atoms with van der Waals surface area (Å²) in [7, 11) is -3.66. The first kappa shape index (κ1) is 15.0. The Morgan fingerprint density at radius 1 is 1.30 bits per heavy atom. The number of nitrogens with one attached hydrogen (secondary N) is 1. The number of hydrogen-bond donors (Lipinski definition) is 2. The van der Waals surface area contributed by atoms with Crippen molar-refractivity contribution < 1.29 is 13.5 Å². The Labute approximate surface area is 125 Å². The van der Waals surface area contributed by atoms with E-state index < -0.39 is 10.0 Å². The van der Waals surface area contributed by atoms with Crippen LogP contribution in [0.5, 0.6) is 0 Å². The molecule has 106 valence electrons. The summed E-state index contributed by atoms with van der Waals surface area (Å²) in [5.74, 6) is 0. The van der Waals surface area contributed by atoms with Crippen molar-refractivity contribution in [3.05, 3.63) is 52.3 Å². The number of benzene rings is 1. The van der Waals surface area contributed by atoms with Gasteiger partial charge in [-0.25, -0.2) is 13.1 Å². The molecular weight excluding hydrogens is 346 g/mol. The molecule has 0 bridgehead atoms. The number of sulfonamides is 1. The largest absolute Gasteiger partial charge is 0.392 e. The van der Waals surface area contributed by atoms with E-state index in [0.29, 0.717) is 15.7 Å². The predicted octanol–water partition coefficient (Wildman–Crippen LogP) is 1.21. The van der Waals surface area contributed by atoms with Crippen molar-refractivity contribution in [1.82, 2.24) is 14.9 Å². The molecule has 0 unspecified atom stereocenters. The van der Waals surface area contributed by atoms with Gasteiger partial charge >= 0.3 is 0 Å². The number of rotatable bonds is 5. The fourth-order valence-electron chi connectivity index (χ4n) is 1.54. The molecule has 2 aromatic rings. The number of halogens is 1. The van der Waals surface area contributed by atoms with Gasteiger partial charge in [0.1, 0.15) is 0 Å². The van der Waals surface area contributed by atoms with Gasteiger partial charge in [0.25, 0.3) is 0 Å². The van der Waals surface area contributed by atoms with Crippen LogP contribution in [0.2, 0.25) is 0 Å². The Hall–Kier alpha value is -1.35. The first-order valence-electron chi connectivity index (χ1n) is 5.68. The highest BCUT2D eigenvalue weighted by atomic mass is 79.9. The molecule has 0 radical (unpaired) electrons. The number of aliphatic hydroxyl groups excluding tert-OH is 1.